The second-order valence-corrected chi connectivity index (χ2v) is 9.50. The number of nitrogens with zero attached hydrogens (tertiary/aromatic N) is 1. The van der Waals surface area contributed by atoms with E-state index < -0.39 is 0 Å². The Labute approximate surface area is 256 Å². The number of ether oxygens (including phenoxy) is 2. The predicted molar refractivity (Wildman–Crippen MR) is 175 cm³/mol. The molecule has 0 saturated carbocycles. The third-order valence-corrected chi connectivity index (χ3v) is 6.38. The largest absolute Gasteiger partial charge is 0.379 e. The minimum Gasteiger partial charge on any atom is -0.379 e. The van der Waals surface area contributed by atoms with Crippen LogP contribution >= 0.6 is 0 Å². The molecule has 220 valence electrons. The van der Waals surface area contributed by atoms with E-state index in [1.54, 1.807) is 12.1 Å². The van der Waals surface area contributed by atoms with Crippen LogP contribution in [0.4, 0.5) is 0 Å². The molecule has 43 heavy (non-hydrogen) atoms. The number of rotatable bonds is 3. The highest BCUT2D eigenvalue weighted by molar-refractivity contribution is 5.74. The van der Waals surface area contributed by atoms with Crippen molar-refractivity contribution in [3.8, 4) is 24.2 Å². The molecule has 2 aliphatic rings. The smallest absolute Gasteiger partial charge is 0.150 e. The Kier molecular flexibility index (Phi) is 16.3. The minimum absolute atomic E-state index is 0.135. The zero-order chi connectivity index (χ0) is 30.2. The van der Waals surface area contributed by atoms with Crippen LogP contribution in [0.25, 0.3) is 0 Å². The molecule has 0 aliphatic carbocycles. The van der Waals surface area contributed by atoms with Gasteiger partial charge < -0.3 is 14.8 Å². The highest BCUT2D eigenvalue weighted by Crippen LogP contribution is 2.21. The molecule has 4 aromatic rings. The summed E-state index contributed by atoms with van der Waals surface area (Å²) in [5.74, 6) is 9.28. The molecule has 1 N–H and O–H groups in total. The summed E-state index contributed by atoms with van der Waals surface area (Å²) in [5, 5.41) is 3.16. The van der Waals surface area contributed by atoms with Gasteiger partial charge in [0.05, 0.1) is 32.5 Å². The van der Waals surface area contributed by atoms with Crippen molar-refractivity contribution in [2.45, 2.75) is 6.04 Å². The van der Waals surface area contributed by atoms with Crippen LogP contribution in [0.3, 0.4) is 0 Å². The lowest BCUT2D eigenvalue weighted by Gasteiger charge is -2.31. The van der Waals surface area contributed by atoms with Crippen LogP contribution in [0.1, 0.15) is 33.1 Å². The van der Waals surface area contributed by atoms with Gasteiger partial charge in [-0.1, -0.05) is 115 Å². The number of hydrogen-bond acceptors (Lipinski definition) is 5. The van der Waals surface area contributed by atoms with E-state index in [1.807, 2.05) is 84.9 Å². The standard InChI is InChI=1S/C19H19NO.C8H6.C7H6O.C4H9NO/c1-3-7-17(8-4-1)11-12-19(18-9-5-2-6-10-18)20-13-15-21-16-14-20;1-2-8-6-4-3-5-7-8;8-6-7-4-2-1-3-5-7;1-3-6-4-2-5-1/h1-10,19H,13-16H2;1,3-7H;1-6H;5H,1-4H2. The van der Waals surface area contributed by atoms with Crippen molar-refractivity contribution in [2.24, 2.45) is 0 Å². The van der Waals surface area contributed by atoms with Crippen LogP contribution in [-0.4, -0.2) is 63.8 Å². The first kappa shape index (κ1) is 33.0. The third-order valence-electron chi connectivity index (χ3n) is 6.38. The molecule has 2 aliphatic heterocycles. The molecule has 0 amide bonds. The van der Waals surface area contributed by atoms with Crippen LogP contribution in [-0.2, 0) is 9.47 Å². The van der Waals surface area contributed by atoms with Gasteiger partial charge in [-0.25, -0.2) is 0 Å². The predicted octanol–water partition coefficient (Wildman–Crippen LogP) is 5.88. The average Bonchev–Trinajstić information content (AvgIpc) is 3.12. The Balaban J connectivity index is 0.000000187. The third kappa shape index (κ3) is 13.8. The molecule has 6 rings (SSSR count). The molecule has 2 heterocycles. The summed E-state index contributed by atoms with van der Waals surface area (Å²) >= 11 is 0. The number of morpholine rings is 2. The van der Waals surface area contributed by atoms with E-state index in [4.69, 9.17) is 15.9 Å². The number of benzene rings is 4. The fraction of sp³-hybridized carbons (Fsp3) is 0.237. The topological polar surface area (TPSA) is 50.8 Å². The van der Waals surface area contributed by atoms with Crippen LogP contribution in [0.15, 0.2) is 121 Å². The van der Waals surface area contributed by atoms with Crippen molar-refractivity contribution in [1.82, 2.24) is 10.2 Å². The number of carbonyl (C=O) groups is 1. The molecule has 4 aromatic carbocycles. The maximum Gasteiger partial charge on any atom is 0.150 e. The van der Waals surface area contributed by atoms with Crippen molar-refractivity contribution in [3.05, 3.63) is 144 Å². The molecule has 5 heteroatoms. The van der Waals surface area contributed by atoms with E-state index in [0.29, 0.717) is 0 Å². The van der Waals surface area contributed by atoms with Crippen LogP contribution in [0, 0.1) is 24.2 Å². The minimum atomic E-state index is 0.135. The number of nitrogens with one attached hydrogen (secondary N) is 1. The maximum absolute atomic E-state index is 10.0. The van der Waals surface area contributed by atoms with Gasteiger partial charge in [0.2, 0.25) is 0 Å². The van der Waals surface area contributed by atoms with Gasteiger partial charge in [0.25, 0.3) is 0 Å². The fourth-order valence-corrected chi connectivity index (χ4v) is 4.11. The Bertz CT molecular complexity index is 1360. The summed E-state index contributed by atoms with van der Waals surface area (Å²) in [7, 11) is 0. The molecule has 0 spiro atoms. The lowest BCUT2D eigenvalue weighted by molar-refractivity contribution is 0.0270. The zero-order valence-corrected chi connectivity index (χ0v) is 24.6. The van der Waals surface area contributed by atoms with E-state index >= 15 is 0 Å². The van der Waals surface area contributed by atoms with Gasteiger partial charge in [-0.3, -0.25) is 9.69 Å². The van der Waals surface area contributed by atoms with Gasteiger partial charge in [-0.05, 0) is 29.8 Å². The van der Waals surface area contributed by atoms with Crippen molar-refractivity contribution in [2.75, 3.05) is 52.6 Å². The van der Waals surface area contributed by atoms with Crippen molar-refractivity contribution in [3.63, 3.8) is 0 Å². The van der Waals surface area contributed by atoms with E-state index in [2.05, 4.69) is 52.2 Å². The molecular formula is C38H40N2O3. The Hall–Kier alpha value is -4.49. The normalized spacial score (nSPS) is 14.6. The van der Waals surface area contributed by atoms with E-state index in [0.717, 1.165) is 75.6 Å². The van der Waals surface area contributed by atoms with E-state index in [1.165, 1.54) is 5.56 Å². The number of terminal acetylenes is 1. The summed E-state index contributed by atoms with van der Waals surface area (Å²) in [6, 6.07) is 39.5. The molecule has 1 atom stereocenters. The zero-order valence-electron chi connectivity index (χ0n) is 24.6. The first-order valence-corrected chi connectivity index (χ1v) is 14.5. The molecule has 0 bridgehead atoms. The van der Waals surface area contributed by atoms with Crippen LogP contribution < -0.4 is 5.32 Å². The Morgan fingerprint density at radius 3 is 1.58 bits per heavy atom. The van der Waals surface area contributed by atoms with Gasteiger partial charge in [-0.15, -0.1) is 6.42 Å². The SMILES string of the molecule is C#Cc1ccccc1.C(#CC(c1ccccc1)N1CCOCC1)c1ccccc1.C1COCCN1.O=Cc1ccccc1. The highest BCUT2D eigenvalue weighted by atomic mass is 16.5. The second kappa shape index (κ2) is 21.2. The van der Waals surface area contributed by atoms with Gasteiger partial charge >= 0.3 is 0 Å². The van der Waals surface area contributed by atoms with E-state index in [9.17, 15) is 4.79 Å². The average molecular weight is 573 g/mol. The first-order chi connectivity index (χ1) is 21.3. The van der Waals surface area contributed by atoms with Gasteiger partial charge in [-0.2, -0.15) is 0 Å². The van der Waals surface area contributed by atoms with Crippen molar-refractivity contribution < 1.29 is 14.3 Å². The van der Waals surface area contributed by atoms with Gasteiger partial charge in [0.1, 0.15) is 6.29 Å². The lowest BCUT2D eigenvalue weighted by atomic mass is 10.0. The summed E-state index contributed by atoms with van der Waals surface area (Å²) in [5.41, 5.74) is 3.98. The first-order valence-electron chi connectivity index (χ1n) is 14.5. The Morgan fingerprint density at radius 1 is 0.674 bits per heavy atom. The lowest BCUT2D eigenvalue weighted by Crippen LogP contribution is -2.38. The fourth-order valence-electron chi connectivity index (χ4n) is 4.11. The van der Waals surface area contributed by atoms with Gasteiger partial charge in [0.15, 0.2) is 0 Å². The molecule has 2 saturated heterocycles. The molecular weight excluding hydrogens is 532 g/mol. The van der Waals surface area contributed by atoms with E-state index in [-0.39, 0.29) is 6.04 Å². The number of aldehydes is 1. The summed E-state index contributed by atoms with van der Waals surface area (Å²) in [4.78, 5) is 12.4. The van der Waals surface area contributed by atoms with Gasteiger partial charge in [0, 0.05) is 42.9 Å². The molecule has 0 aromatic heterocycles. The molecule has 1 unspecified atom stereocenters. The number of carbonyl (C=O) groups excluding carboxylic acids is 1. The van der Waals surface area contributed by atoms with Crippen molar-refractivity contribution >= 4 is 6.29 Å². The number of hydrogen-bond donors (Lipinski definition) is 1. The van der Waals surface area contributed by atoms with Crippen molar-refractivity contribution in [1.29, 1.82) is 0 Å². The molecule has 5 nitrogen and oxygen atoms in total. The monoisotopic (exact) mass is 572 g/mol. The summed E-state index contributed by atoms with van der Waals surface area (Å²) in [6.45, 7) is 7.28. The highest BCUT2D eigenvalue weighted by Gasteiger charge is 2.20. The van der Waals surface area contributed by atoms with Crippen LogP contribution in [0.2, 0.25) is 0 Å². The summed E-state index contributed by atoms with van der Waals surface area (Å²) < 4.78 is 10.5. The summed E-state index contributed by atoms with van der Waals surface area (Å²) in [6.07, 6.45) is 5.93. The Morgan fingerprint density at radius 2 is 1.16 bits per heavy atom. The second-order valence-electron chi connectivity index (χ2n) is 9.50. The maximum atomic E-state index is 10.0. The quantitative estimate of drug-likeness (QED) is 0.245. The molecule has 0 radical (unpaired) electrons. The van der Waals surface area contributed by atoms with Crippen LogP contribution in [0.5, 0.6) is 0 Å². The molecule has 2 fully saturated rings.